The van der Waals surface area contributed by atoms with E-state index in [1.807, 2.05) is 93.1 Å². The van der Waals surface area contributed by atoms with Crippen molar-refractivity contribution in [2.45, 2.75) is 17.7 Å². The molecule has 0 spiro atoms. The maximum Gasteiger partial charge on any atom is 0.229 e. The van der Waals surface area contributed by atoms with Gasteiger partial charge in [-0.05, 0) is 102 Å². The number of thiocarbonyl (C=S) groups is 1. The van der Waals surface area contributed by atoms with Crippen molar-refractivity contribution in [3.8, 4) is 28.3 Å². The Bertz CT molecular complexity index is 2510. The molecule has 8 rings (SSSR count). The Hall–Kier alpha value is -6.69. The summed E-state index contributed by atoms with van der Waals surface area (Å²) in [6.45, 7) is 0. The SMILES string of the molecule is CN(C)c1ccc(CC(=S)Cc2cc(-c3nc4ncccc4o3)ccn2)cc1.CN(C)c1ccc(SC#N)cc1.Nc1cc(-c2nc3ncccc3o2)ccn1. The van der Waals surface area contributed by atoms with Crippen molar-refractivity contribution in [3.63, 3.8) is 0 Å². The van der Waals surface area contributed by atoms with Crippen LogP contribution in [0, 0.1) is 10.7 Å². The molecule has 6 aromatic heterocycles. The molecule has 0 fully saturated rings. The van der Waals surface area contributed by atoms with Crippen LogP contribution in [-0.4, -0.2) is 63.0 Å². The number of rotatable bonds is 9. The van der Waals surface area contributed by atoms with E-state index in [1.165, 1.54) is 23.0 Å². The molecule has 0 radical (unpaired) electrons. The van der Waals surface area contributed by atoms with Gasteiger partial charge in [-0.25, -0.2) is 15.0 Å². The quantitative estimate of drug-likeness (QED) is 0.0842. The van der Waals surface area contributed by atoms with Crippen LogP contribution >= 0.6 is 24.0 Å². The smallest absolute Gasteiger partial charge is 0.229 e. The highest BCUT2D eigenvalue weighted by molar-refractivity contribution is 8.03. The topological polar surface area (TPSA) is 160 Å². The van der Waals surface area contributed by atoms with Crippen LogP contribution in [0.1, 0.15) is 11.3 Å². The van der Waals surface area contributed by atoms with Crippen LogP contribution in [0.25, 0.3) is 45.4 Å². The second-order valence-electron chi connectivity index (χ2n) is 12.7. The van der Waals surface area contributed by atoms with Gasteiger partial charge in [-0.15, -0.1) is 0 Å². The number of nitrogens with zero attached hydrogens (tertiary/aromatic N) is 9. The molecular weight excluding hydrogens is 741 g/mol. The van der Waals surface area contributed by atoms with Crippen LogP contribution in [0.5, 0.6) is 0 Å². The van der Waals surface area contributed by atoms with Crippen LogP contribution in [-0.2, 0) is 12.8 Å². The summed E-state index contributed by atoms with van der Waals surface area (Å²) in [5.41, 5.74) is 14.2. The average molecular weight is 779 g/mol. The number of thiocyanates is 1. The normalized spacial score (nSPS) is 10.5. The number of nitriles is 1. The summed E-state index contributed by atoms with van der Waals surface area (Å²) in [5, 5.41) is 10.4. The number of thioether (sulfide) groups is 1. The van der Waals surface area contributed by atoms with E-state index < -0.39 is 0 Å². The lowest BCUT2D eigenvalue weighted by Crippen LogP contribution is -2.09. The van der Waals surface area contributed by atoms with Gasteiger partial charge >= 0.3 is 0 Å². The highest BCUT2D eigenvalue weighted by Crippen LogP contribution is 2.25. The molecule has 280 valence electrons. The molecule has 2 aromatic carbocycles. The minimum absolute atomic E-state index is 0.438. The van der Waals surface area contributed by atoms with Crippen LogP contribution in [0.15, 0.2) is 136 Å². The first-order valence-electron chi connectivity index (χ1n) is 17.4. The first-order valence-corrected chi connectivity index (χ1v) is 18.6. The zero-order valence-electron chi connectivity index (χ0n) is 31.2. The Balaban J connectivity index is 0.000000159. The van der Waals surface area contributed by atoms with E-state index in [1.54, 1.807) is 43.0 Å². The minimum atomic E-state index is 0.438. The van der Waals surface area contributed by atoms with E-state index >= 15 is 0 Å². The number of nitrogen functional groups attached to an aromatic ring is 1. The third-order valence-electron chi connectivity index (χ3n) is 8.17. The molecule has 0 unspecified atom stereocenters. The summed E-state index contributed by atoms with van der Waals surface area (Å²) in [7, 11) is 8.05. The second kappa shape index (κ2) is 18.6. The van der Waals surface area contributed by atoms with Gasteiger partial charge in [-0.3, -0.25) is 4.98 Å². The summed E-state index contributed by atoms with van der Waals surface area (Å²) in [6.07, 6.45) is 8.15. The molecule has 0 bridgehead atoms. The summed E-state index contributed by atoms with van der Waals surface area (Å²) in [4.78, 5) is 31.4. The van der Waals surface area contributed by atoms with Gasteiger partial charge in [-0.1, -0.05) is 24.4 Å². The molecule has 6 heterocycles. The van der Waals surface area contributed by atoms with Gasteiger partial charge in [0.25, 0.3) is 0 Å². The molecule has 0 amide bonds. The molecule has 0 saturated heterocycles. The molecule has 8 aromatic rings. The third-order valence-corrected chi connectivity index (χ3v) is 9.06. The molecule has 12 nitrogen and oxygen atoms in total. The van der Waals surface area contributed by atoms with Gasteiger partial charge in [0.15, 0.2) is 22.5 Å². The zero-order chi connectivity index (χ0) is 39.4. The number of pyridine rings is 4. The van der Waals surface area contributed by atoms with Crippen molar-refractivity contribution in [2.75, 3.05) is 43.7 Å². The Labute approximate surface area is 334 Å². The van der Waals surface area contributed by atoms with Crippen molar-refractivity contribution in [1.82, 2.24) is 29.9 Å². The van der Waals surface area contributed by atoms with Gasteiger partial charge in [0.05, 0.1) is 0 Å². The number of hydrogen-bond donors (Lipinski definition) is 1. The van der Waals surface area contributed by atoms with E-state index in [0.717, 1.165) is 38.7 Å². The predicted molar refractivity (Wildman–Crippen MR) is 227 cm³/mol. The van der Waals surface area contributed by atoms with E-state index in [4.69, 9.17) is 32.0 Å². The Kier molecular flexibility index (Phi) is 12.9. The van der Waals surface area contributed by atoms with Crippen molar-refractivity contribution in [1.29, 1.82) is 5.26 Å². The largest absolute Gasteiger partial charge is 0.434 e. The number of nitrogens with two attached hydrogens (primary N) is 1. The molecule has 2 N–H and O–H groups in total. The number of aromatic nitrogens is 6. The van der Waals surface area contributed by atoms with Gasteiger partial charge < -0.3 is 24.4 Å². The van der Waals surface area contributed by atoms with Crippen LogP contribution in [0.4, 0.5) is 17.2 Å². The molecule has 14 heteroatoms. The average Bonchev–Trinajstić information content (AvgIpc) is 3.85. The lowest BCUT2D eigenvalue weighted by molar-refractivity contribution is 0.619. The molecule has 0 aliphatic heterocycles. The van der Waals surface area contributed by atoms with Gasteiger partial charge in [0.1, 0.15) is 11.2 Å². The standard InChI is InChI=1S/C22H20N4OS.C11H8N4O.C9H10N2S/c1-26(2)18-7-5-15(6-8-18)12-19(28)14-17-13-16(9-11-23-17)22-25-21-20(27-22)4-3-10-24-21;12-9-6-7(3-5-13-9)11-15-10-8(16-11)2-1-4-14-10;1-11(2)8-3-5-9(6-4-8)12-7-10/h3-11,13H,12,14H2,1-2H3;1-6H,(H2,12,13);3-6H,1-2H3. The highest BCUT2D eigenvalue weighted by atomic mass is 32.2. The number of benzene rings is 2. The van der Waals surface area contributed by atoms with Crippen molar-refractivity contribution in [3.05, 3.63) is 133 Å². The fourth-order valence-electron chi connectivity index (χ4n) is 5.34. The summed E-state index contributed by atoms with van der Waals surface area (Å²) < 4.78 is 11.4. The van der Waals surface area contributed by atoms with Gasteiger partial charge in [0, 0.05) is 104 Å². The van der Waals surface area contributed by atoms with Crippen LogP contribution < -0.4 is 15.5 Å². The van der Waals surface area contributed by atoms with E-state index in [0.29, 0.717) is 46.5 Å². The first-order chi connectivity index (χ1) is 27.1. The molecule has 0 aliphatic rings. The van der Waals surface area contributed by atoms with Gasteiger partial charge in [-0.2, -0.15) is 15.2 Å². The van der Waals surface area contributed by atoms with Crippen molar-refractivity contribution >= 4 is 68.5 Å². The molecule has 0 aliphatic carbocycles. The van der Waals surface area contributed by atoms with Crippen LogP contribution in [0.2, 0.25) is 0 Å². The van der Waals surface area contributed by atoms with Crippen molar-refractivity contribution in [2.24, 2.45) is 0 Å². The third kappa shape index (κ3) is 10.5. The number of oxazole rings is 2. The second-order valence-corrected chi connectivity index (χ2v) is 14.2. The molecule has 0 saturated carbocycles. The summed E-state index contributed by atoms with van der Waals surface area (Å²) in [6, 6.07) is 31.0. The zero-order valence-corrected chi connectivity index (χ0v) is 32.8. The number of hydrogen-bond acceptors (Lipinski definition) is 14. The Morgan fingerprint density at radius 1 is 0.679 bits per heavy atom. The fourth-order valence-corrected chi connectivity index (χ4v) is 6.04. The van der Waals surface area contributed by atoms with Gasteiger partial charge in [0.2, 0.25) is 11.8 Å². The van der Waals surface area contributed by atoms with Crippen LogP contribution in [0.3, 0.4) is 0 Å². The molecular formula is C42H38N10O2S2. The highest BCUT2D eigenvalue weighted by Gasteiger charge is 2.12. The monoisotopic (exact) mass is 778 g/mol. The lowest BCUT2D eigenvalue weighted by atomic mass is 10.1. The first kappa shape index (κ1) is 39.0. The maximum atomic E-state index is 8.40. The Morgan fingerprint density at radius 3 is 1.73 bits per heavy atom. The molecule has 0 atom stereocenters. The lowest BCUT2D eigenvalue weighted by Gasteiger charge is -2.12. The maximum absolute atomic E-state index is 8.40. The Morgan fingerprint density at radius 2 is 1.21 bits per heavy atom. The minimum Gasteiger partial charge on any atom is -0.434 e. The molecule has 56 heavy (non-hydrogen) atoms. The number of fused-ring (bicyclic) bond motifs is 2. The van der Waals surface area contributed by atoms with E-state index in [9.17, 15) is 0 Å². The summed E-state index contributed by atoms with van der Waals surface area (Å²) in [5.74, 6) is 1.48. The predicted octanol–water partition coefficient (Wildman–Crippen LogP) is 8.70. The fraction of sp³-hybridized carbons (Fsp3) is 0.143. The summed E-state index contributed by atoms with van der Waals surface area (Å²) >= 11 is 6.80. The van der Waals surface area contributed by atoms with E-state index in [2.05, 4.69) is 59.1 Å². The van der Waals surface area contributed by atoms with Crippen molar-refractivity contribution < 1.29 is 8.83 Å². The number of anilines is 3. The van der Waals surface area contributed by atoms with E-state index in [-0.39, 0.29) is 0 Å².